The first-order chi connectivity index (χ1) is 10.6. The van der Waals surface area contributed by atoms with Crippen LogP contribution in [-0.4, -0.2) is 31.1 Å². The normalized spacial score (nSPS) is 12.8. The van der Waals surface area contributed by atoms with Crippen LogP contribution >= 0.6 is 11.6 Å². The van der Waals surface area contributed by atoms with Gasteiger partial charge in [-0.1, -0.05) is 17.7 Å². The zero-order chi connectivity index (χ0) is 15.5. The van der Waals surface area contributed by atoms with E-state index in [1.165, 1.54) is 0 Å². The van der Waals surface area contributed by atoms with E-state index in [0.717, 1.165) is 17.1 Å². The van der Waals surface area contributed by atoms with Gasteiger partial charge >= 0.3 is 0 Å². The van der Waals surface area contributed by atoms with Crippen LogP contribution in [-0.2, 0) is 6.54 Å². The summed E-state index contributed by atoms with van der Waals surface area (Å²) < 4.78 is 11.1. The number of amides is 1. The zero-order valence-corrected chi connectivity index (χ0v) is 13.0. The van der Waals surface area contributed by atoms with Crippen LogP contribution in [0.5, 0.6) is 11.5 Å². The van der Waals surface area contributed by atoms with E-state index in [-0.39, 0.29) is 5.91 Å². The number of ether oxygens (including phenoxy) is 2. The molecule has 5 heteroatoms. The summed E-state index contributed by atoms with van der Waals surface area (Å²) in [5.74, 6) is 1.43. The predicted molar refractivity (Wildman–Crippen MR) is 84.7 cm³/mol. The standard InChI is InChI=1S/C17H16ClNO3/c1-19(17(20)13-3-5-14(18)6-4-13)11-12-2-7-15-16(10-12)22-9-8-21-15/h2-7,10H,8-9,11H2,1H3. The molecule has 0 N–H and O–H groups in total. The number of carbonyl (C=O) groups is 1. The minimum atomic E-state index is -0.0495. The highest BCUT2D eigenvalue weighted by Crippen LogP contribution is 2.31. The summed E-state index contributed by atoms with van der Waals surface area (Å²) in [4.78, 5) is 14.0. The summed E-state index contributed by atoms with van der Waals surface area (Å²) in [7, 11) is 1.77. The molecule has 1 heterocycles. The zero-order valence-electron chi connectivity index (χ0n) is 12.2. The van der Waals surface area contributed by atoms with Gasteiger partial charge in [0.15, 0.2) is 11.5 Å². The van der Waals surface area contributed by atoms with E-state index in [1.807, 2.05) is 18.2 Å². The van der Waals surface area contributed by atoms with Gasteiger partial charge in [0.2, 0.25) is 0 Å². The minimum Gasteiger partial charge on any atom is -0.486 e. The molecule has 0 aromatic heterocycles. The largest absolute Gasteiger partial charge is 0.486 e. The Morgan fingerprint density at radius 1 is 1.09 bits per heavy atom. The Morgan fingerprint density at radius 2 is 1.77 bits per heavy atom. The van der Waals surface area contributed by atoms with Crippen LogP contribution in [0.25, 0.3) is 0 Å². The Balaban J connectivity index is 1.72. The number of benzene rings is 2. The summed E-state index contributed by atoms with van der Waals surface area (Å²) in [5, 5.41) is 0.617. The molecule has 0 bridgehead atoms. The lowest BCUT2D eigenvalue weighted by Gasteiger charge is -2.21. The quantitative estimate of drug-likeness (QED) is 0.871. The van der Waals surface area contributed by atoms with Gasteiger partial charge in [0, 0.05) is 24.2 Å². The molecule has 0 unspecified atom stereocenters. The van der Waals surface area contributed by atoms with Crippen molar-refractivity contribution in [1.82, 2.24) is 4.90 Å². The highest BCUT2D eigenvalue weighted by atomic mass is 35.5. The molecule has 1 aliphatic rings. The topological polar surface area (TPSA) is 38.8 Å². The summed E-state index contributed by atoms with van der Waals surface area (Å²) in [5.41, 5.74) is 1.61. The third kappa shape index (κ3) is 3.17. The van der Waals surface area contributed by atoms with E-state index in [4.69, 9.17) is 21.1 Å². The van der Waals surface area contributed by atoms with Crippen molar-refractivity contribution in [2.24, 2.45) is 0 Å². The maximum atomic E-state index is 12.4. The monoisotopic (exact) mass is 317 g/mol. The first kappa shape index (κ1) is 14.7. The highest BCUT2D eigenvalue weighted by Gasteiger charge is 2.15. The van der Waals surface area contributed by atoms with Crippen molar-refractivity contribution in [3.8, 4) is 11.5 Å². The van der Waals surface area contributed by atoms with Crippen LogP contribution in [0.1, 0.15) is 15.9 Å². The third-order valence-corrected chi connectivity index (χ3v) is 3.72. The number of rotatable bonds is 3. The van der Waals surface area contributed by atoms with Gasteiger partial charge in [0.1, 0.15) is 13.2 Å². The average Bonchev–Trinajstić information content (AvgIpc) is 2.55. The number of fused-ring (bicyclic) bond motifs is 1. The van der Waals surface area contributed by atoms with Gasteiger partial charge < -0.3 is 14.4 Å². The van der Waals surface area contributed by atoms with Crippen LogP contribution in [0.15, 0.2) is 42.5 Å². The molecule has 4 nitrogen and oxygen atoms in total. The number of hydrogen-bond donors (Lipinski definition) is 0. The molecule has 0 aliphatic carbocycles. The molecular formula is C17H16ClNO3. The fourth-order valence-corrected chi connectivity index (χ4v) is 2.47. The molecule has 0 saturated carbocycles. The van der Waals surface area contributed by atoms with Gasteiger partial charge in [-0.05, 0) is 42.0 Å². The molecule has 0 saturated heterocycles. The lowest BCUT2D eigenvalue weighted by Crippen LogP contribution is -2.26. The molecular weight excluding hydrogens is 302 g/mol. The van der Waals surface area contributed by atoms with Crippen molar-refractivity contribution in [3.63, 3.8) is 0 Å². The summed E-state index contributed by atoms with van der Waals surface area (Å²) in [6.07, 6.45) is 0. The molecule has 0 atom stereocenters. The molecule has 114 valence electrons. The van der Waals surface area contributed by atoms with E-state index in [9.17, 15) is 4.79 Å². The highest BCUT2D eigenvalue weighted by molar-refractivity contribution is 6.30. The fourth-order valence-electron chi connectivity index (χ4n) is 2.34. The molecule has 2 aromatic rings. The van der Waals surface area contributed by atoms with Gasteiger partial charge in [0.05, 0.1) is 0 Å². The van der Waals surface area contributed by atoms with Crippen molar-refractivity contribution in [1.29, 1.82) is 0 Å². The smallest absolute Gasteiger partial charge is 0.253 e. The third-order valence-electron chi connectivity index (χ3n) is 3.46. The van der Waals surface area contributed by atoms with Crippen LogP contribution in [0.4, 0.5) is 0 Å². The van der Waals surface area contributed by atoms with Crippen molar-refractivity contribution < 1.29 is 14.3 Å². The van der Waals surface area contributed by atoms with Crippen molar-refractivity contribution in [2.75, 3.05) is 20.3 Å². The van der Waals surface area contributed by atoms with Crippen LogP contribution in [0.3, 0.4) is 0 Å². The summed E-state index contributed by atoms with van der Waals surface area (Å²) in [6.45, 7) is 1.62. The second-order valence-electron chi connectivity index (χ2n) is 5.15. The van der Waals surface area contributed by atoms with Crippen LogP contribution < -0.4 is 9.47 Å². The number of nitrogens with zero attached hydrogens (tertiary/aromatic N) is 1. The van der Waals surface area contributed by atoms with Gasteiger partial charge in [-0.25, -0.2) is 0 Å². The molecule has 2 aromatic carbocycles. The second kappa shape index (κ2) is 6.28. The maximum absolute atomic E-state index is 12.4. The van der Waals surface area contributed by atoms with Crippen LogP contribution in [0, 0.1) is 0 Å². The Bertz CT molecular complexity index is 685. The Morgan fingerprint density at radius 3 is 2.50 bits per heavy atom. The van der Waals surface area contributed by atoms with E-state index < -0.39 is 0 Å². The van der Waals surface area contributed by atoms with E-state index >= 15 is 0 Å². The molecule has 3 rings (SSSR count). The molecule has 1 amide bonds. The molecule has 22 heavy (non-hydrogen) atoms. The Kier molecular flexibility index (Phi) is 4.20. The maximum Gasteiger partial charge on any atom is 0.253 e. The SMILES string of the molecule is CN(Cc1ccc2c(c1)OCCO2)C(=O)c1ccc(Cl)cc1. The van der Waals surface area contributed by atoms with E-state index in [0.29, 0.717) is 30.3 Å². The predicted octanol–water partition coefficient (Wildman–Crippen LogP) is 3.38. The number of hydrogen-bond acceptors (Lipinski definition) is 3. The Hall–Kier alpha value is -2.20. The Labute approximate surface area is 134 Å². The van der Waals surface area contributed by atoms with Gasteiger partial charge in [-0.2, -0.15) is 0 Å². The lowest BCUT2D eigenvalue weighted by atomic mass is 10.1. The lowest BCUT2D eigenvalue weighted by molar-refractivity contribution is 0.0785. The van der Waals surface area contributed by atoms with Crippen LogP contribution in [0.2, 0.25) is 5.02 Å². The van der Waals surface area contributed by atoms with Gasteiger partial charge in [0.25, 0.3) is 5.91 Å². The van der Waals surface area contributed by atoms with Gasteiger partial charge in [-0.15, -0.1) is 0 Å². The van der Waals surface area contributed by atoms with Crippen molar-refractivity contribution >= 4 is 17.5 Å². The van der Waals surface area contributed by atoms with Crippen molar-refractivity contribution in [2.45, 2.75) is 6.54 Å². The molecule has 0 spiro atoms. The second-order valence-corrected chi connectivity index (χ2v) is 5.58. The van der Waals surface area contributed by atoms with E-state index in [2.05, 4.69) is 0 Å². The minimum absolute atomic E-state index is 0.0495. The first-order valence-corrected chi connectivity index (χ1v) is 7.41. The molecule has 0 fully saturated rings. The molecule has 1 aliphatic heterocycles. The number of halogens is 1. The molecule has 0 radical (unpaired) electrons. The number of carbonyl (C=O) groups excluding carboxylic acids is 1. The summed E-state index contributed by atoms with van der Waals surface area (Å²) in [6, 6.07) is 12.6. The first-order valence-electron chi connectivity index (χ1n) is 7.03. The summed E-state index contributed by atoms with van der Waals surface area (Å²) >= 11 is 5.84. The van der Waals surface area contributed by atoms with Crippen molar-refractivity contribution in [3.05, 3.63) is 58.6 Å². The van der Waals surface area contributed by atoms with Gasteiger partial charge in [-0.3, -0.25) is 4.79 Å². The average molecular weight is 318 g/mol. The fraction of sp³-hybridized carbons (Fsp3) is 0.235. The van der Waals surface area contributed by atoms with E-state index in [1.54, 1.807) is 36.2 Å².